The fourth-order valence-electron chi connectivity index (χ4n) is 0.353. The van der Waals surface area contributed by atoms with Gasteiger partial charge in [-0.1, -0.05) is 17.7 Å². The quantitative estimate of drug-likeness (QED) is 0.658. The highest BCUT2D eigenvalue weighted by Crippen LogP contribution is 1.94. The van der Waals surface area contributed by atoms with Crippen molar-refractivity contribution < 1.29 is 4.79 Å². The average Bonchev–Trinajstić information content (AvgIpc) is 1.87. The van der Waals surface area contributed by atoms with Crippen LogP contribution in [0.15, 0.2) is 11.1 Å². The fourth-order valence-corrected chi connectivity index (χ4v) is 0.524. The number of halogens is 2. The van der Waals surface area contributed by atoms with E-state index in [4.69, 9.17) is 23.2 Å². The maximum atomic E-state index is 10.5. The van der Waals surface area contributed by atoms with Crippen LogP contribution in [-0.4, -0.2) is 18.3 Å². The van der Waals surface area contributed by atoms with Crippen LogP contribution in [0.3, 0.4) is 0 Å². The SMILES string of the molecule is C/C(Cl)=C/CNC(=O)CCl. The molecule has 10 heavy (non-hydrogen) atoms. The lowest BCUT2D eigenvalue weighted by molar-refractivity contribution is -0.118. The molecule has 0 bridgehead atoms. The second kappa shape index (κ2) is 5.57. The van der Waals surface area contributed by atoms with Crippen molar-refractivity contribution in [3.8, 4) is 0 Å². The van der Waals surface area contributed by atoms with Gasteiger partial charge < -0.3 is 5.32 Å². The predicted octanol–water partition coefficient (Wildman–Crippen LogP) is 1.48. The number of hydrogen-bond acceptors (Lipinski definition) is 1. The lowest BCUT2D eigenvalue weighted by Crippen LogP contribution is -2.24. The average molecular weight is 182 g/mol. The first-order valence-electron chi connectivity index (χ1n) is 2.81. The summed E-state index contributed by atoms with van der Waals surface area (Å²) in [5.41, 5.74) is 0. The van der Waals surface area contributed by atoms with E-state index in [2.05, 4.69) is 5.32 Å². The van der Waals surface area contributed by atoms with Gasteiger partial charge in [-0.15, -0.1) is 11.6 Å². The van der Waals surface area contributed by atoms with E-state index < -0.39 is 0 Å². The molecule has 0 saturated carbocycles. The molecule has 58 valence electrons. The zero-order valence-corrected chi connectivity index (χ0v) is 7.17. The van der Waals surface area contributed by atoms with Crippen molar-refractivity contribution >= 4 is 29.1 Å². The molecule has 4 heteroatoms. The Morgan fingerprint density at radius 3 is 2.70 bits per heavy atom. The second-order valence-corrected chi connectivity index (χ2v) is 2.59. The summed E-state index contributed by atoms with van der Waals surface area (Å²) in [6.07, 6.45) is 1.70. The van der Waals surface area contributed by atoms with Crippen molar-refractivity contribution in [2.75, 3.05) is 12.4 Å². The Hall–Kier alpha value is -0.210. The van der Waals surface area contributed by atoms with Gasteiger partial charge in [0.05, 0.1) is 0 Å². The Balaban J connectivity index is 3.37. The largest absolute Gasteiger partial charge is 0.352 e. The molecule has 0 saturated heterocycles. The Morgan fingerprint density at radius 2 is 2.30 bits per heavy atom. The molecule has 0 radical (unpaired) electrons. The maximum Gasteiger partial charge on any atom is 0.235 e. The number of amides is 1. The Bertz CT molecular complexity index is 141. The van der Waals surface area contributed by atoms with Crippen LogP contribution in [-0.2, 0) is 4.79 Å². The van der Waals surface area contributed by atoms with Crippen molar-refractivity contribution in [3.05, 3.63) is 11.1 Å². The highest BCUT2D eigenvalue weighted by Gasteiger charge is 1.92. The number of hydrogen-bond donors (Lipinski definition) is 1. The van der Waals surface area contributed by atoms with Crippen LogP contribution in [0.2, 0.25) is 0 Å². The summed E-state index contributed by atoms with van der Waals surface area (Å²) < 4.78 is 0. The van der Waals surface area contributed by atoms with E-state index in [-0.39, 0.29) is 11.8 Å². The van der Waals surface area contributed by atoms with Gasteiger partial charge in [0.15, 0.2) is 0 Å². The maximum absolute atomic E-state index is 10.5. The number of nitrogens with one attached hydrogen (secondary N) is 1. The standard InChI is InChI=1S/C6H9Cl2NO/c1-5(8)2-3-9-6(10)4-7/h2H,3-4H2,1H3,(H,9,10)/b5-2-. The summed E-state index contributed by atoms with van der Waals surface area (Å²) in [6, 6.07) is 0. The summed E-state index contributed by atoms with van der Waals surface area (Å²) >= 11 is 10.7. The van der Waals surface area contributed by atoms with Crippen molar-refractivity contribution in [1.29, 1.82) is 0 Å². The highest BCUT2D eigenvalue weighted by atomic mass is 35.5. The van der Waals surface area contributed by atoms with E-state index in [1.54, 1.807) is 13.0 Å². The number of rotatable bonds is 3. The molecule has 0 aromatic heterocycles. The van der Waals surface area contributed by atoms with Crippen molar-refractivity contribution in [2.24, 2.45) is 0 Å². The van der Waals surface area contributed by atoms with Crippen molar-refractivity contribution in [1.82, 2.24) is 5.32 Å². The molecule has 0 aliphatic heterocycles. The minimum absolute atomic E-state index is 0.00479. The summed E-state index contributed by atoms with van der Waals surface area (Å²) in [5.74, 6) is -0.189. The number of carbonyl (C=O) groups excluding carboxylic acids is 1. The third kappa shape index (κ3) is 5.92. The molecule has 1 N–H and O–H groups in total. The summed E-state index contributed by atoms with van der Waals surface area (Å²) in [4.78, 5) is 10.5. The van der Waals surface area contributed by atoms with Gasteiger partial charge in [0.1, 0.15) is 5.88 Å². The third-order valence-corrected chi connectivity index (χ3v) is 1.20. The van der Waals surface area contributed by atoms with Crippen LogP contribution in [0.25, 0.3) is 0 Å². The van der Waals surface area contributed by atoms with E-state index in [0.717, 1.165) is 0 Å². The lowest BCUT2D eigenvalue weighted by atomic mass is 10.5. The number of allylic oxidation sites excluding steroid dienone is 1. The minimum atomic E-state index is -0.184. The zero-order chi connectivity index (χ0) is 7.98. The molecule has 0 aliphatic rings. The van der Waals surface area contributed by atoms with Gasteiger partial charge in [0, 0.05) is 11.6 Å². The van der Waals surface area contributed by atoms with Gasteiger partial charge in [-0.3, -0.25) is 4.79 Å². The molecule has 0 aromatic rings. The van der Waals surface area contributed by atoms with Crippen LogP contribution < -0.4 is 5.32 Å². The molecule has 2 nitrogen and oxygen atoms in total. The fraction of sp³-hybridized carbons (Fsp3) is 0.500. The molecule has 0 fully saturated rings. The Morgan fingerprint density at radius 1 is 1.70 bits per heavy atom. The van der Waals surface area contributed by atoms with Gasteiger partial charge in [0.25, 0.3) is 0 Å². The van der Waals surface area contributed by atoms with Crippen molar-refractivity contribution in [2.45, 2.75) is 6.92 Å². The molecular formula is C6H9Cl2NO. The first kappa shape index (κ1) is 9.79. The molecule has 0 unspecified atom stereocenters. The summed E-state index contributed by atoms with van der Waals surface area (Å²) in [5, 5.41) is 3.19. The first-order chi connectivity index (χ1) is 4.66. The van der Waals surface area contributed by atoms with Crippen LogP contribution in [0.5, 0.6) is 0 Å². The molecule has 0 aliphatic carbocycles. The highest BCUT2D eigenvalue weighted by molar-refractivity contribution is 6.29. The monoisotopic (exact) mass is 181 g/mol. The van der Waals surface area contributed by atoms with Gasteiger partial charge in [-0.25, -0.2) is 0 Å². The van der Waals surface area contributed by atoms with Gasteiger partial charge in [0.2, 0.25) is 5.91 Å². The molecule has 0 rings (SSSR count). The number of alkyl halides is 1. The topological polar surface area (TPSA) is 29.1 Å². The Kier molecular flexibility index (Phi) is 5.45. The number of carbonyl (C=O) groups is 1. The normalized spacial score (nSPS) is 11.3. The minimum Gasteiger partial charge on any atom is -0.352 e. The zero-order valence-electron chi connectivity index (χ0n) is 5.66. The smallest absolute Gasteiger partial charge is 0.235 e. The molecule has 0 atom stereocenters. The predicted molar refractivity (Wildman–Crippen MR) is 43.3 cm³/mol. The second-order valence-electron chi connectivity index (χ2n) is 1.73. The van der Waals surface area contributed by atoms with E-state index in [1.807, 2.05) is 0 Å². The van der Waals surface area contributed by atoms with E-state index in [1.165, 1.54) is 0 Å². The third-order valence-electron chi connectivity index (χ3n) is 0.804. The van der Waals surface area contributed by atoms with Crippen molar-refractivity contribution in [3.63, 3.8) is 0 Å². The van der Waals surface area contributed by atoms with Gasteiger partial charge in [-0.2, -0.15) is 0 Å². The van der Waals surface area contributed by atoms with Crippen LogP contribution in [0, 0.1) is 0 Å². The van der Waals surface area contributed by atoms with E-state index in [0.29, 0.717) is 11.6 Å². The van der Waals surface area contributed by atoms with Gasteiger partial charge in [-0.05, 0) is 6.92 Å². The van der Waals surface area contributed by atoms with Crippen LogP contribution >= 0.6 is 23.2 Å². The van der Waals surface area contributed by atoms with E-state index in [9.17, 15) is 4.79 Å². The molecular weight excluding hydrogens is 173 g/mol. The lowest BCUT2D eigenvalue weighted by Gasteiger charge is -1.96. The van der Waals surface area contributed by atoms with E-state index >= 15 is 0 Å². The molecule has 0 aromatic carbocycles. The summed E-state index contributed by atoms with van der Waals surface area (Å²) in [7, 11) is 0. The van der Waals surface area contributed by atoms with Crippen LogP contribution in [0.1, 0.15) is 6.92 Å². The molecule has 0 spiro atoms. The molecule has 0 heterocycles. The summed E-state index contributed by atoms with van der Waals surface area (Å²) in [6.45, 7) is 2.19. The first-order valence-corrected chi connectivity index (χ1v) is 3.73. The molecule has 1 amide bonds. The Labute approximate surface area is 70.2 Å². The van der Waals surface area contributed by atoms with Crippen LogP contribution in [0.4, 0.5) is 0 Å². The van der Waals surface area contributed by atoms with Gasteiger partial charge >= 0.3 is 0 Å².